The largest absolute Gasteiger partial charge is 0.354 e. The van der Waals surface area contributed by atoms with E-state index in [0.29, 0.717) is 12.1 Å². The molecular weight excluding hydrogens is 450 g/mol. The van der Waals surface area contributed by atoms with E-state index in [1.807, 2.05) is 31.2 Å². The zero-order valence-electron chi connectivity index (χ0n) is 17.1. The van der Waals surface area contributed by atoms with Gasteiger partial charge in [0.05, 0.1) is 11.3 Å². The summed E-state index contributed by atoms with van der Waals surface area (Å²) in [4.78, 5) is 38.0. The molecule has 160 valence electrons. The molecule has 0 aliphatic carbocycles. The zero-order valence-corrected chi connectivity index (χ0v) is 18.7. The Bertz CT molecular complexity index is 886. The predicted octanol–water partition coefficient (Wildman–Crippen LogP) is 4.23. The molecule has 2 amide bonds. The Morgan fingerprint density at radius 3 is 2.47 bits per heavy atom. The minimum absolute atomic E-state index is 0.102. The molecule has 1 N–H and O–H groups in total. The van der Waals surface area contributed by atoms with Crippen molar-refractivity contribution in [3.63, 3.8) is 0 Å². The Kier molecular flexibility index (Phi) is 8.98. The van der Waals surface area contributed by atoms with Crippen molar-refractivity contribution >= 4 is 33.4 Å². The highest BCUT2D eigenvalue weighted by atomic mass is 79.9. The van der Waals surface area contributed by atoms with Crippen LogP contribution in [0.3, 0.4) is 0 Å². The third kappa shape index (κ3) is 6.66. The molecule has 0 radical (unpaired) electrons. The van der Waals surface area contributed by atoms with Crippen LogP contribution in [0, 0.1) is 10.1 Å². The number of rotatable bonds is 10. The molecule has 0 saturated carbocycles. The third-order valence-corrected chi connectivity index (χ3v) is 5.32. The molecule has 0 unspecified atom stereocenters. The van der Waals surface area contributed by atoms with Gasteiger partial charge in [-0.1, -0.05) is 59.6 Å². The standard InChI is InChI=1S/C22H26BrN3O4/c1-3-4-13-24-22(28)16(2)25(15-17-9-11-19(23)12-10-17)21(27)14-18-7-5-6-8-20(18)26(29)30/h5-12,16H,3-4,13-15H2,1-2H3,(H,24,28)/t16-/m1/s1. The smallest absolute Gasteiger partial charge is 0.273 e. The van der Waals surface area contributed by atoms with E-state index in [1.165, 1.54) is 11.0 Å². The molecule has 7 nitrogen and oxygen atoms in total. The van der Waals surface area contributed by atoms with E-state index >= 15 is 0 Å². The number of halogens is 1. The van der Waals surface area contributed by atoms with Crippen molar-refractivity contribution in [3.8, 4) is 0 Å². The summed E-state index contributed by atoms with van der Waals surface area (Å²) in [5, 5.41) is 14.2. The summed E-state index contributed by atoms with van der Waals surface area (Å²) in [7, 11) is 0. The first-order valence-electron chi connectivity index (χ1n) is 9.87. The number of benzene rings is 2. The highest BCUT2D eigenvalue weighted by molar-refractivity contribution is 9.10. The van der Waals surface area contributed by atoms with E-state index in [0.717, 1.165) is 22.9 Å². The number of hydrogen-bond acceptors (Lipinski definition) is 4. The third-order valence-electron chi connectivity index (χ3n) is 4.79. The monoisotopic (exact) mass is 475 g/mol. The van der Waals surface area contributed by atoms with Crippen LogP contribution in [0.1, 0.15) is 37.8 Å². The maximum atomic E-state index is 13.1. The number of nitro benzene ring substituents is 1. The van der Waals surface area contributed by atoms with Crippen LogP contribution in [0.4, 0.5) is 5.69 Å². The van der Waals surface area contributed by atoms with Crippen LogP contribution >= 0.6 is 15.9 Å². The Morgan fingerprint density at radius 1 is 1.17 bits per heavy atom. The Hall–Kier alpha value is -2.74. The van der Waals surface area contributed by atoms with Gasteiger partial charge in [0, 0.05) is 29.2 Å². The summed E-state index contributed by atoms with van der Waals surface area (Å²) < 4.78 is 0.911. The van der Waals surface area contributed by atoms with Crippen LogP contribution < -0.4 is 5.32 Å². The number of carbonyl (C=O) groups excluding carboxylic acids is 2. The van der Waals surface area contributed by atoms with Crippen molar-refractivity contribution in [1.29, 1.82) is 0 Å². The summed E-state index contributed by atoms with van der Waals surface area (Å²) in [5.74, 6) is -0.582. The fourth-order valence-corrected chi connectivity index (χ4v) is 3.27. The van der Waals surface area contributed by atoms with Gasteiger partial charge in [-0.25, -0.2) is 0 Å². The number of hydrogen-bond donors (Lipinski definition) is 1. The minimum atomic E-state index is -0.708. The summed E-state index contributed by atoms with van der Waals surface area (Å²) in [5.41, 5.74) is 1.09. The molecule has 0 aliphatic heterocycles. The highest BCUT2D eigenvalue weighted by Crippen LogP contribution is 2.21. The summed E-state index contributed by atoms with van der Waals surface area (Å²) in [6, 6.07) is 12.9. The van der Waals surface area contributed by atoms with E-state index in [9.17, 15) is 19.7 Å². The van der Waals surface area contributed by atoms with E-state index in [4.69, 9.17) is 0 Å². The molecule has 2 rings (SSSR count). The highest BCUT2D eigenvalue weighted by Gasteiger charge is 2.27. The average molecular weight is 476 g/mol. The maximum absolute atomic E-state index is 13.1. The molecule has 2 aromatic rings. The van der Waals surface area contributed by atoms with E-state index in [-0.39, 0.29) is 30.5 Å². The number of para-hydroxylation sites is 1. The van der Waals surface area contributed by atoms with Crippen molar-refractivity contribution in [1.82, 2.24) is 10.2 Å². The fourth-order valence-electron chi connectivity index (χ4n) is 3.01. The quantitative estimate of drug-likeness (QED) is 0.316. The molecule has 0 bridgehead atoms. The Morgan fingerprint density at radius 2 is 1.83 bits per heavy atom. The van der Waals surface area contributed by atoms with Crippen molar-refractivity contribution < 1.29 is 14.5 Å². The SMILES string of the molecule is CCCCNC(=O)[C@@H](C)N(Cc1ccc(Br)cc1)C(=O)Cc1ccccc1[N+](=O)[O-]. The van der Waals surface area contributed by atoms with Crippen LogP contribution in [0.25, 0.3) is 0 Å². The molecular formula is C22H26BrN3O4. The van der Waals surface area contributed by atoms with Crippen LogP contribution in [0.15, 0.2) is 53.0 Å². The number of nitrogens with zero attached hydrogens (tertiary/aromatic N) is 2. The Balaban J connectivity index is 2.25. The number of amides is 2. The van der Waals surface area contributed by atoms with Crippen LogP contribution in [-0.2, 0) is 22.6 Å². The normalized spacial score (nSPS) is 11.6. The molecule has 1 atom stereocenters. The predicted molar refractivity (Wildman–Crippen MR) is 119 cm³/mol. The summed E-state index contributed by atoms with van der Waals surface area (Å²) in [6.45, 7) is 4.49. The van der Waals surface area contributed by atoms with Gasteiger partial charge in [-0.2, -0.15) is 0 Å². The van der Waals surface area contributed by atoms with E-state index < -0.39 is 11.0 Å². The van der Waals surface area contributed by atoms with E-state index in [2.05, 4.69) is 21.2 Å². The van der Waals surface area contributed by atoms with Gasteiger partial charge in [-0.3, -0.25) is 19.7 Å². The molecule has 30 heavy (non-hydrogen) atoms. The van der Waals surface area contributed by atoms with Crippen molar-refractivity contribution in [2.24, 2.45) is 0 Å². The maximum Gasteiger partial charge on any atom is 0.273 e. The van der Waals surface area contributed by atoms with Gasteiger partial charge in [0.25, 0.3) is 5.69 Å². The fraction of sp³-hybridized carbons (Fsp3) is 0.364. The zero-order chi connectivity index (χ0) is 22.1. The molecule has 8 heteroatoms. The number of nitrogens with one attached hydrogen (secondary N) is 1. The summed E-state index contributed by atoms with van der Waals surface area (Å²) in [6.07, 6.45) is 1.66. The number of carbonyl (C=O) groups is 2. The molecule has 0 aliphatic rings. The average Bonchev–Trinajstić information content (AvgIpc) is 2.73. The lowest BCUT2D eigenvalue weighted by molar-refractivity contribution is -0.385. The van der Waals surface area contributed by atoms with Crippen molar-refractivity contribution in [2.45, 2.75) is 45.7 Å². The Labute approximate surface area is 184 Å². The first-order chi connectivity index (χ1) is 14.3. The second-order valence-electron chi connectivity index (χ2n) is 7.03. The van der Waals surface area contributed by atoms with Gasteiger partial charge < -0.3 is 10.2 Å². The first-order valence-corrected chi connectivity index (χ1v) is 10.7. The van der Waals surface area contributed by atoms with Gasteiger partial charge >= 0.3 is 0 Å². The lowest BCUT2D eigenvalue weighted by Crippen LogP contribution is -2.48. The molecule has 0 spiro atoms. The van der Waals surface area contributed by atoms with Crippen molar-refractivity contribution in [3.05, 3.63) is 74.2 Å². The second kappa shape index (κ2) is 11.4. The second-order valence-corrected chi connectivity index (χ2v) is 7.95. The minimum Gasteiger partial charge on any atom is -0.354 e. The van der Waals surface area contributed by atoms with E-state index in [1.54, 1.807) is 25.1 Å². The molecule has 0 saturated heterocycles. The summed E-state index contributed by atoms with van der Waals surface area (Å²) >= 11 is 3.39. The number of unbranched alkanes of at least 4 members (excludes halogenated alkanes) is 1. The van der Waals surface area contributed by atoms with Crippen molar-refractivity contribution in [2.75, 3.05) is 6.54 Å². The molecule has 2 aromatic carbocycles. The van der Waals surface area contributed by atoms with Gasteiger partial charge in [0.2, 0.25) is 11.8 Å². The van der Waals surface area contributed by atoms with Crippen LogP contribution in [-0.4, -0.2) is 34.2 Å². The van der Waals surface area contributed by atoms with Crippen LogP contribution in [0.2, 0.25) is 0 Å². The molecule has 0 aromatic heterocycles. The number of nitro groups is 1. The molecule has 0 heterocycles. The first kappa shape index (κ1) is 23.5. The van der Waals surface area contributed by atoms with Gasteiger partial charge in [-0.15, -0.1) is 0 Å². The van der Waals surface area contributed by atoms with Gasteiger partial charge in [0.1, 0.15) is 6.04 Å². The topological polar surface area (TPSA) is 92.6 Å². The lowest BCUT2D eigenvalue weighted by Gasteiger charge is -2.29. The van der Waals surface area contributed by atoms with Gasteiger partial charge in [-0.05, 0) is 31.0 Å². The van der Waals surface area contributed by atoms with Crippen LogP contribution in [0.5, 0.6) is 0 Å². The van der Waals surface area contributed by atoms with Gasteiger partial charge in [0.15, 0.2) is 0 Å². The lowest BCUT2D eigenvalue weighted by atomic mass is 10.1. The molecule has 0 fully saturated rings.